The molecule has 2 amide bonds. The van der Waals surface area contributed by atoms with Crippen molar-refractivity contribution in [2.24, 2.45) is 15.9 Å². The van der Waals surface area contributed by atoms with E-state index in [1.807, 2.05) is 24.3 Å². The third-order valence-electron chi connectivity index (χ3n) is 4.51. The van der Waals surface area contributed by atoms with Gasteiger partial charge in [0.2, 0.25) is 11.8 Å². The Bertz CT molecular complexity index is 987. The number of amidine groups is 1. The summed E-state index contributed by atoms with van der Waals surface area (Å²) in [5.41, 5.74) is 7.97. The molecule has 156 valence electrons. The summed E-state index contributed by atoms with van der Waals surface area (Å²) in [5.74, 6) is 0.777. The molecule has 0 spiro atoms. The third-order valence-corrected chi connectivity index (χ3v) is 5.48. The average Bonchev–Trinajstić information content (AvgIpc) is 3.04. The van der Waals surface area contributed by atoms with Crippen molar-refractivity contribution in [1.29, 1.82) is 0 Å². The maximum atomic E-state index is 12.7. The zero-order chi connectivity index (χ0) is 21.7. The summed E-state index contributed by atoms with van der Waals surface area (Å²) in [4.78, 5) is 26.3. The van der Waals surface area contributed by atoms with Gasteiger partial charge in [0.25, 0.3) is 0 Å². The van der Waals surface area contributed by atoms with Crippen molar-refractivity contribution in [3.8, 4) is 11.5 Å². The second kappa shape index (κ2) is 9.45. The summed E-state index contributed by atoms with van der Waals surface area (Å²) in [6.45, 7) is 1.80. The van der Waals surface area contributed by atoms with Crippen LogP contribution in [0.1, 0.15) is 18.9 Å². The second-order valence-electron chi connectivity index (χ2n) is 6.43. The molecule has 0 radical (unpaired) electrons. The maximum absolute atomic E-state index is 12.7. The fourth-order valence-corrected chi connectivity index (χ4v) is 3.69. The van der Waals surface area contributed by atoms with Crippen LogP contribution >= 0.6 is 11.8 Å². The van der Waals surface area contributed by atoms with E-state index in [4.69, 9.17) is 15.2 Å². The molecule has 8 nitrogen and oxygen atoms in total. The quantitative estimate of drug-likeness (QED) is 0.329. The molecule has 2 aromatic rings. The zero-order valence-corrected chi connectivity index (χ0v) is 17.7. The van der Waals surface area contributed by atoms with Crippen molar-refractivity contribution in [2.45, 2.75) is 18.6 Å². The Morgan fingerprint density at radius 2 is 1.57 bits per heavy atom. The zero-order valence-electron chi connectivity index (χ0n) is 16.9. The Balaban J connectivity index is 1.67. The van der Waals surface area contributed by atoms with E-state index in [9.17, 15) is 9.59 Å². The minimum atomic E-state index is -0.639. The number of nitrogens with two attached hydrogens (primary N) is 1. The average molecular weight is 426 g/mol. The molecule has 2 N–H and O–H groups in total. The van der Waals surface area contributed by atoms with Crippen molar-refractivity contribution >= 4 is 40.1 Å². The number of hydrogen-bond donors (Lipinski definition) is 1. The van der Waals surface area contributed by atoms with Gasteiger partial charge in [0.15, 0.2) is 5.17 Å². The lowest BCUT2D eigenvalue weighted by molar-refractivity contribution is -0.121. The molecule has 1 saturated heterocycles. The van der Waals surface area contributed by atoms with Crippen LogP contribution in [0.2, 0.25) is 0 Å². The first-order chi connectivity index (χ1) is 14.4. The lowest BCUT2D eigenvalue weighted by Gasteiger charge is -2.15. The highest BCUT2D eigenvalue weighted by atomic mass is 32.2. The van der Waals surface area contributed by atoms with E-state index in [2.05, 4.69) is 10.2 Å². The van der Waals surface area contributed by atoms with Crippen LogP contribution in [0.4, 0.5) is 5.69 Å². The molecular weight excluding hydrogens is 404 g/mol. The van der Waals surface area contributed by atoms with Crippen molar-refractivity contribution in [1.82, 2.24) is 0 Å². The van der Waals surface area contributed by atoms with Crippen molar-refractivity contribution in [3.63, 3.8) is 0 Å². The number of carbonyl (C=O) groups excluding carboxylic acids is 2. The number of amides is 2. The summed E-state index contributed by atoms with van der Waals surface area (Å²) in [5, 5.41) is 7.61. The minimum Gasteiger partial charge on any atom is -0.497 e. The predicted molar refractivity (Wildman–Crippen MR) is 118 cm³/mol. The van der Waals surface area contributed by atoms with Gasteiger partial charge in [-0.05, 0) is 61.0 Å². The number of carbonyl (C=O) groups is 2. The van der Waals surface area contributed by atoms with Gasteiger partial charge in [0.05, 0.1) is 25.6 Å². The van der Waals surface area contributed by atoms with Crippen LogP contribution in [0, 0.1) is 0 Å². The molecule has 0 saturated carbocycles. The van der Waals surface area contributed by atoms with Gasteiger partial charge >= 0.3 is 0 Å². The van der Waals surface area contributed by atoms with Gasteiger partial charge in [0, 0.05) is 6.42 Å². The van der Waals surface area contributed by atoms with Gasteiger partial charge in [-0.3, -0.25) is 9.59 Å². The highest BCUT2D eigenvalue weighted by Crippen LogP contribution is 2.30. The number of rotatable bonds is 6. The van der Waals surface area contributed by atoms with Crippen molar-refractivity contribution in [2.75, 3.05) is 19.1 Å². The first kappa shape index (κ1) is 21.4. The van der Waals surface area contributed by atoms with Crippen LogP contribution < -0.4 is 20.1 Å². The van der Waals surface area contributed by atoms with E-state index in [1.54, 1.807) is 45.4 Å². The molecule has 3 rings (SSSR count). The number of nitrogens with zero attached hydrogens (tertiary/aromatic N) is 3. The molecule has 1 fully saturated rings. The number of methoxy groups -OCH3 is 2. The molecule has 2 aromatic carbocycles. The summed E-state index contributed by atoms with van der Waals surface area (Å²) in [6, 6.07) is 14.1. The van der Waals surface area contributed by atoms with E-state index < -0.39 is 5.25 Å². The summed E-state index contributed by atoms with van der Waals surface area (Å²) >= 11 is 1.03. The molecular formula is C21H22N4O4S. The third kappa shape index (κ3) is 4.80. The monoisotopic (exact) mass is 426 g/mol. The number of benzene rings is 2. The Labute approximate surface area is 178 Å². The molecule has 1 unspecified atom stereocenters. The number of thioether (sulfide) groups is 1. The van der Waals surface area contributed by atoms with E-state index in [0.29, 0.717) is 17.1 Å². The first-order valence-electron chi connectivity index (χ1n) is 9.12. The molecule has 1 aliphatic heterocycles. The molecule has 1 heterocycles. The van der Waals surface area contributed by atoms with Gasteiger partial charge in [-0.1, -0.05) is 11.8 Å². The van der Waals surface area contributed by atoms with Gasteiger partial charge in [0.1, 0.15) is 16.7 Å². The lowest BCUT2D eigenvalue weighted by atomic mass is 10.1. The van der Waals surface area contributed by atoms with Crippen LogP contribution in [-0.4, -0.2) is 42.2 Å². The molecule has 0 aromatic heterocycles. The van der Waals surface area contributed by atoms with E-state index in [-0.39, 0.29) is 23.4 Å². The molecule has 1 aliphatic rings. The van der Waals surface area contributed by atoms with Gasteiger partial charge in [-0.2, -0.15) is 5.10 Å². The maximum Gasteiger partial charge on any atom is 0.247 e. The van der Waals surface area contributed by atoms with Gasteiger partial charge < -0.3 is 15.2 Å². The number of ether oxygens (including phenoxy) is 2. The fourth-order valence-electron chi connectivity index (χ4n) is 2.88. The lowest BCUT2D eigenvalue weighted by Crippen LogP contribution is -2.31. The summed E-state index contributed by atoms with van der Waals surface area (Å²) < 4.78 is 10.2. The molecule has 30 heavy (non-hydrogen) atoms. The first-order valence-corrected chi connectivity index (χ1v) is 10.0. The smallest absolute Gasteiger partial charge is 0.247 e. The standard InChI is InChI=1S/C21H22N4O4S/c1-13(14-4-8-16(28-2)9-5-14)23-24-21(22)30-18-12-19(26)25(20(18)27)15-6-10-17(29-3)11-7-15/h4-11,18H,12H2,1-3H3,(H2,22,24)/b23-13+. The Hall–Kier alpha value is -3.33. The second-order valence-corrected chi connectivity index (χ2v) is 7.65. The van der Waals surface area contributed by atoms with Crippen molar-refractivity contribution < 1.29 is 19.1 Å². The van der Waals surface area contributed by atoms with Gasteiger partial charge in [-0.25, -0.2) is 4.90 Å². The summed E-state index contributed by atoms with van der Waals surface area (Å²) in [7, 11) is 3.15. The Kier molecular flexibility index (Phi) is 6.73. The van der Waals surface area contributed by atoms with Crippen LogP contribution in [0.15, 0.2) is 58.7 Å². The summed E-state index contributed by atoms with van der Waals surface area (Å²) in [6.07, 6.45) is 0.0485. The van der Waals surface area contributed by atoms with E-state index in [0.717, 1.165) is 28.0 Å². The van der Waals surface area contributed by atoms with Crippen LogP contribution in [0.5, 0.6) is 11.5 Å². The van der Waals surface area contributed by atoms with Crippen LogP contribution in [0.25, 0.3) is 0 Å². The molecule has 0 bridgehead atoms. The predicted octanol–water partition coefficient (Wildman–Crippen LogP) is 2.81. The number of imide groups is 1. The molecule has 0 aliphatic carbocycles. The molecule has 9 heteroatoms. The van der Waals surface area contributed by atoms with Crippen molar-refractivity contribution in [3.05, 3.63) is 54.1 Å². The topological polar surface area (TPSA) is 107 Å². The van der Waals surface area contributed by atoms with Crippen LogP contribution in [0.3, 0.4) is 0 Å². The molecule has 1 atom stereocenters. The highest BCUT2D eigenvalue weighted by Gasteiger charge is 2.40. The largest absolute Gasteiger partial charge is 0.497 e. The van der Waals surface area contributed by atoms with Crippen LogP contribution in [-0.2, 0) is 9.59 Å². The normalized spacial score (nSPS) is 17.4. The SMILES string of the molecule is COc1ccc(/C(C)=N/N=C(\N)SC2CC(=O)N(c3ccc(OC)cc3)C2=O)cc1. The minimum absolute atomic E-state index is 0.0485. The van der Waals surface area contributed by atoms with E-state index >= 15 is 0 Å². The fraction of sp³-hybridized carbons (Fsp3) is 0.238. The van der Waals surface area contributed by atoms with E-state index in [1.165, 1.54) is 0 Å². The van der Waals surface area contributed by atoms with Gasteiger partial charge in [-0.15, -0.1) is 5.10 Å². The number of hydrogen-bond acceptors (Lipinski definition) is 7. The Morgan fingerprint density at radius 3 is 2.13 bits per heavy atom. The Morgan fingerprint density at radius 1 is 1.00 bits per heavy atom. The highest BCUT2D eigenvalue weighted by molar-refractivity contribution is 8.14. The number of anilines is 1.